The number of hydrogen-bond acceptors (Lipinski definition) is 8. The second-order valence-electron chi connectivity index (χ2n) is 5.19. The number of benzene rings is 1. The highest BCUT2D eigenvalue weighted by atomic mass is 16.6. The van der Waals surface area contributed by atoms with Crippen LogP contribution in [0.1, 0.15) is 17.4 Å². The van der Waals surface area contributed by atoms with E-state index < -0.39 is 10.9 Å². The summed E-state index contributed by atoms with van der Waals surface area (Å²) in [5.74, 6) is 0.969. The molecule has 0 spiro atoms. The van der Waals surface area contributed by atoms with Gasteiger partial charge in [-0.1, -0.05) is 0 Å². The molecule has 26 heavy (non-hydrogen) atoms. The van der Waals surface area contributed by atoms with Gasteiger partial charge >= 0.3 is 5.97 Å². The molecular formula is C17H13N3O6. The van der Waals surface area contributed by atoms with E-state index in [0.29, 0.717) is 11.3 Å². The van der Waals surface area contributed by atoms with Gasteiger partial charge in [0.25, 0.3) is 11.6 Å². The highest BCUT2D eigenvalue weighted by Crippen LogP contribution is 2.21. The minimum absolute atomic E-state index is 0.0408. The highest BCUT2D eigenvalue weighted by Gasteiger charge is 2.12. The lowest BCUT2D eigenvalue weighted by Crippen LogP contribution is -2.00. The number of nitro benzene ring substituents is 1. The number of nitro groups is 1. The fourth-order valence-corrected chi connectivity index (χ4v) is 2.03. The van der Waals surface area contributed by atoms with Crippen LogP contribution in [0.2, 0.25) is 0 Å². The van der Waals surface area contributed by atoms with E-state index in [1.54, 1.807) is 19.1 Å². The average Bonchev–Trinajstić information content (AvgIpc) is 3.27. The molecule has 132 valence electrons. The SMILES string of the molecule is Cc1ccc(/C=C/C(=O)OCc2nnc(-c3ccc([N+](=O)[O-])cc3)o2)o1. The summed E-state index contributed by atoms with van der Waals surface area (Å²) in [6, 6.07) is 9.17. The third-order valence-corrected chi connectivity index (χ3v) is 3.27. The Bertz CT molecular complexity index is 955. The van der Waals surface area contributed by atoms with Gasteiger partial charge in [-0.15, -0.1) is 10.2 Å². The number of ether oxygens (including phenoxy) is 1. The van der Waals surface area contributed by atoms with Crippen LogP contribution in [0.3, 0.4) is 0 Å². The Labute approximate surface area is 147 Å². The highest BCUT2D eigenvalue weighted by molar-refractivity contribution is 5.86. The lowest BCUT2D eigenvalue weighted by atomic mass is 10.2. The second-order valence-corrected chi connectivity index (χ2v) is 5.19. The number of furan rings is 1. The van der Waals surface area contributed by atoms with Crippen molar-refractivity contribution in [1.82, 2.24) is 10.2 Å². The molecule has 9 nitrogen and oxygen atoms in total. The minimum Gasteiger partial charge on any atom is -0.462 e. The number of aromatic nitrogens is 2. The number of non-ortho nitro benzene ring substituents is 1. The molecule has 0 saturated heterocycles. The number of carbonyl (C=O) groups excluding carboxylic acids is 1. The van der Waals surface area contributed by atoms with E-state index in [4.69, 9.17) is 13.6 Å². The van der Waals surface area contributed by atoms with Crippen molar-refractivity contribution in [1.29, 1.82) is 0 Å². The molecule has 1 aromatic carbocycles. The molecule has 3 rings (SSSR count). The van der Waals surface area contributed by atoms with Crippen molar-refractivity contribution in [2.24, 2.45) is 0 Å². The van der Waals surface area contributed by atoms with Gasteiger partial charge in [0.1, 0.15) is 11.5 Å². The quantitative estimate of drug-likeness (QED) is 0.286. The van der Waals surface area contributed by atoms with Gasteiger partial charge in [0.2, 0.25) is 5.89 Å². The molecular weight excluding hydrogens is 342 g/mol. The lowest BCUT2D eigenvalue weighted by Gasteiger charge is -1.97. The summed E-state index contributed by atoms with van der Waals surface area (Å²) in [5, 5.41) is 18.2. The average molecular weight is 355 g/mol. The molecule has 0 unspecified atom stereocenters. The number of nitrogens with zero attached hydrogens (tertiary/aromatic N) is 3. The number of hydrogen-bond donors (Lipinski definition) is 0. The Morgan fingerprint density at radius 1 is 1.19 bits per heavy atom. The second kappa shape index (κ2) is 7.43. The Kier molecular flexibility index (Phi) is 4.88. The van der Waals surface area contributed by atoms with Crippen LogP contribution in [0.15, 0.2) is 51.3 Å². The number of carbonyl (C=O) groups is 1. The summed E-state index contributed by atoms with van der Waals surface area (Å²) >= 11 is 0. The third kappa shape index (κ3) is 4.20. The zero-order chi connectivity index (χ0) is 18.5. The topological polar surface area (TPSA) is 122 Å². The van der Waals surface area contributed by atoms with Gasteiger partial charge in [0.05, 0.1) is 4.92 Å². The van der Waals surface area contributed by atoms with Crippen molar-refractivity contribution < 1.29 is 23.3 Å². The first-order chi connectivity index (χ1) is 12.5. The Morgan fingerprint density at radius 3 is 2.62 bits per heavy atom. The molecule has 3 aromatic rings. The molecule has 0 bridgehead atoms. The van der Waals surface area contributed by atoms with E-state index in [0.717, 1.165) is 5.76 Å². The molecule has 0 aliphatic heterocycles. The zero-order valence-corrected chi connectivity index (χ0v) is 13.6. The minimum atomic E-state index is -0.589. The van der Waals surface area contributed by atoms with E-state index in [9.17, 15) is 14.9 Å². The molecule has 0 amide bonds. The molecule has 0 saturated carbocycles. The van der Waals surface area contributed by atoms with E-state index in [2.05, 4.69) is 10.2 Å². The van der Waals surface area contributed by atoms with Gasteiger partial charge in [0, 0.05) is 23.8 Å². The first kappa shape index (κ1) is 17.1. The predicted octanol–water partition coefficient (Wildman–Crippen LogP) is 3.30. The van der Waals surface area contributed by atoms with Crippen molar-refractivity contribution in [3.05, 3.63) is 70.0 Å². The van der Waals surface area contributed by atoms with E-state index >= 15 is 0 Å². The standard InChI is InChI=1S/C17H13N3O6/c1-11-2-7-14(25-11)8-9-16(21)24-10-15-18-19-17(26-15)12-3-5-13(6-4-12)20(22)23/h2-9H,10H2,1H3/b9-8+. The van der Waals surface area contributed by atoms with Crippen LogP contribution in [-0.4, -0.2) is 21.1 Å². The van der Waals surface area contributed by atoms with Crippen molar-refractivity contribution in [3.8, 4) is 11.5 Å². The van der Waals surface area contributed by atoms with Gasteiger partial charge in [0.15, 0.2) is 6.61 Å². The largest absolute Gasteiger partial charge is 0.462 e. The van der Waals surface area contributed by atoms with Gasteiger partial charge in [-0.05, 0) is 37.3 Å². The Balaban J connectivity index is 1.57. The number of esters is 1. The predicted molar refractivity (Wildman–Crippen MR) is 88.7 cm³/mol. The third-order valence-electron chi connectivity index (χ3n) is 3.27. The van der Waals surface area contributed by atoms with Gasteiger partial charge in [-0.3, -0.25) is 10.1 Å². The Morgan fingerprint density at radius 2 is 1.96 bits per heavy atom. The maximum atomic E-state index is 11.7. The smallest absolute Gasteiger partial charge is 0.331 e. The van der Waals surface area contributed by atoms with Gasteiger partial charge < -0.3 is 13.6 Å². The molecule has 0 radical (unpaired) electrons. The fourth-order valence-electron chi connectivity index (χ4n) is 2.03. The lowest BCUT2D eigenvalue weighted by molar-refractivity contribution is -0.384. The van der Waals surface area contributed by atoms with Crippen molar-refractivity contribution in [3.63, 3.8) is 0 Å². The summed E-state index contributed by atoms with van der Waals surface area (Å²) in [4.78, 5) is 21.8. The molecule has 0 aliphatic rings. The first-order valence-corrected chi connectivity index (χ1v) is 7.50. The van der Waals surface area contributed by atoms with E-state index in [1.165, 1.54) is 36.4 Å². The summed E-state index contributed by atoms with van der Waals surface area (Å²) in [5.41, 5.74) is 0.481. The maximum Gasteiger partial charge on any atom is 0.331 e. The summed E-state index contributed by atoms with van der Waals surface area (Å²) in [7, 11) is 0. The van der Waals surface area contributed by atoms with E-state index in [1.807, 2.05) is 0 Å². The molecule has 0 atom stereocenters. The first-order valence-electron chi connectivity index (χ1n) is 7.50. The maximum absolute atomic E-state index is 11.7. The van der Waals surface area contributed by atoms with Crippen LogP contribution in [0.25, 0.3) is 17.5 Å². The summed E-state index contributed by atoms with van der Waals surface area (Å²) < 4.78 is 15.7. The molecule has 0 aliphatic carbocycles. The van der Waals surface area contributed by atoms with Gasteiger partial charge in [-0.2, -0.15) is 0 Å². The zero-order valence-electron chi connectivity index (χ0n) is 13.6. The van der Waals surface area contributed by atoms with Gasteiger partial charge in [-0.25, -0.2) is 4.79 Å². The van der Waals surface area contributed by atoms with Crippen molar-refractivity contribution >= 4 is 17.7 Å². The number of aryl methyl sites for hydroxylation is 1. The Hall–Kier alpha value is -3.75. The van der Waals surface area contributed by atoms with Crippen LogP contribution in [0.4, 0.5) is 5.69 Å². The van der Waals surface area contributed by atoms with Crippen molar-refractivity contribution in [2.75, 3.05) is 0 Å². The summed E-state index contributed by atoms with van der Waals surface area (Å²) in [6.07, 6.45) is 2.72. The van der Waals surface area contributed by atoms with Crippen LogP contribution in [0, 0.1) is 17.0 Å². The molecule has 2 heterocycles. The van der Waals surface area contributed by atoms with Crippen molar-refractivity contribution in [2.45, 2.75) is 13.5 Å². The monoisotopic (exact) mass is 355 g/mol. The normalized spacial score (nSPS) is 11.0. The molecule has 0 fully saturated rings. The van der Waals surface area contributed by atoms with Crippen LogP contribution < -0.4 is 0 Å². The molecule has 2 aromatic heterocycles. The molecule has 0 N–H and O–H groups in total. The number of rotatable bonds is 6. The fraction of sp³-hybridized carbons (Fsp3) is 0.118. The van der Waals surface area contributed by atoms with Crippen LogP contribution >= 0.6 is 0 Å². The van der Waals surface area contributed by atoms with Crippen LogP contribution in [0.5, 0.6) is 0 Å². The summed E-state index contributed by atoms with van der Waals surface area (Å²) in [6.45, 7) is 1.61. The van der Waals surface area contributed by atoms with E-state index in [-0.39, 0.29) is 24.1 Å². The molecule has 9 heteroatoms. The van der Waals surface area contributed by atoms with Crippen LogP contribution in [-0.2, 0) is 16.1 Å².